The summed E-state index contributed by atoms with van der Waals surface area (Å²) in [5.74, 6) is 0. The molecule has 5 heteroatoms. The molecule has 0 radical (unpaired) electrons. The molecule has 0 aliphatic carbocycles. The Morgan fingerprint density at radius 2 is 2.12 bits per heavy atom. The molecule has 0 amide bonds. The van der Waals surface area contributed by atoms with Crippen molar-refractivity contribution in [3.05, 3.63) is 24.0 Å². The Bertz CT molecular complexity index is 378. The number of hydrogen-bond acceptors (Lipinski definition) is 5. The molecule has 0 saturated carbocycles. The highest BCUT2D eigenvalue weighted by atomic mass is 16.5. The molecule has 1 heterocycles. The van der Waals surface area contributed by atoms with Crippen LogP contribution < -0.4 is 5.73 Å². The largest absolute Gasteiger partial charge is 0.462 e. The molecular weight excluding hydrogens is 206 g/mol. The van der Waals surface area contributed by atoms with Gasteiger partial charge in [-0.25, -0.2) is 0 Å². The highest BCUT2D eigenvalue weighted by Crippen LogP contribution is 2.02. The Kier molecular flexibility index (Phi) is 5.57. The van der Waals surface area contributed by atoms with Crippen LogP contribution in [0.1, 0.15) is 26.3 Å². The number of nitriles is 1. The van der Waals surface area contributed by atoms with Crippen molar-refractivity contribution in [2.24, 2.45) is 0 Å². The summed E-state index contributed by atoms with van der Waals surface area (Å²) in [6.45, 7) is 5.92. The van der Waals surface area contributed by atoms with Gasteiger partial charge in [0.1, 0.15) is 11.7 Å². The summed E-state index contributed by atoms with van der Waals surface area (Å²) >= 11 is 0. The van der Waals surface area contributed by atoms with Crippen LogP contribution in [0.4, 0.5) is 5.69 Å². The number of hydrogen-bond donors (Lipinski definition) is 1. The number of ether oxygens (including phenoxy) is 1. The van der Waals surface area contributed by atoms with Crippen molar-refractivity contribution in [1.29, 1.82) is 5.26 Å². The molecule has 0 bridgehead atoms. The fourth-order valence-electron chi connectivity index (χ4n) is 0.663. The van der Waals surface area contributed by atoms with Gasteiger partial charge in [-0.3, -0.25) is 9.78 Å². The molecule has 0 aliphatic heterocycles. The number of nitrogens with zero attached hydrogens (tertiary/aromatic N) is 2. The summed E-state index contributed by atoms with van der Waals surface area (Å²) in [6, 6.07) is 3.50. The number of carbonyl (C=O) groups excluding carboxylic acids is 1. The molecule has 0 atom stereocenters. The van der Waals surface area contributed by atoms with E-state index < -0.39 is 0 Å². The first-order valence-electron chi connectivity index (χ1n) is 4.61. The summed E-state index contributed by atoms with van der Waals surface area (Å²) in [5, 5.41) is 8.32. The molecule has 86 valence electrons. The van der Waals surface area contributed by atoms with Crippen molar-refractivity contribution in [1.82, 2.24) is 4.98 Å². The first-order valence-corrected chi connectivity index (χ1v) is 4.61. The summed E-state index contributed by atoms with van der Waals surface area (Å²) in [4.78, 5) is 13.3. The van der Waals surface area contributed by atoms with Crippen LogP contribution in [0, 0.1) is 11.3 Å². The normalized spacial score (nSPS) is 9.38. The van der Waals surface area contributed by atoms with Crippen molar-refractivity contribution in [2.45, 2.75) is 26.4 Å². The van der Waals surface area contributed by atoms with Gasteiger partial charge in [-0.05, 0) is 26.8 Å². The van der Waals surface area contributed by atoms with E-state index in [0.717, 1.165) is 0 Å². The smallest absolute Gasteiger partial charge is 0.293 e. The molecule has 0 saturated heterocycles. The second-order valence-electron chi connectivity index (χ2n) is 3.95. The lowest BCUT2D eigenvalue weighted by atomic mass is 10.2. The first kappa shape index (κ1) is 13.9. The van der Waals surface area contributed by atoms with Crippen LogP contribution >= 0.6 is 0 Å². The van der Waals surface area contributed by atoms with Crippen LogP contribution in [0.25, 0.3) is 0 Å². The monoisotopic (exact) mass is 221 g/mol. The molecule has 0 aromatic carbocycles. The zero-order chi connectivity index (χ0) is 12.6. The van der Waals surface area contributed by atoms with Crippen molar-refractivity contribution in [2.75, 3.05) is 5.73 Å². The number of anilines is 1. The van der Waals surface area contributed by atoms with Crippen LogP contribution in [0.2, 0.25) is 0 Å². The lowest BCUT2D eigenvalue weighted by molar-refractivity contribution is -0.138. The third kappa shape index (κ3) is 7.33. The van der Waals surface area contributed by atoms with Crippen molar-refractivity contribution in [3.63, 3.8) is 0 Å². The van der Waals surface area contributed by atoms with E-state index in [1.54, 1.807) is 6.07 Å². The molecule has 0 unspecified atom stereocenters. The lowest BCUT2D eigenvalue weighted by Gasteiger charge is -2.14. The molecule has 1 rings (SSSR count). The number of nitrogens with two attached hydrogens (primary N) is 1. The van der Waals surface area contributed by atoms with E-state index in [4.69, 9.17) is 11.0 Å². The van der Waals surface area contributed by atoms with Crippen LogP contribution in [-0.4, -0.2) is 17.1 Å². The van der Waals surface area contributed by atoms with E-state index in [2.05, 4.69) is 9.72 Å². The van der Waals surface area contributed by atoms with E-state index in [0.29, 0.717) is 17.7 Å². The van der Waals surface area contributed by atoms with Gasteiger partial charge in [0.25, 0.3) is 6.47 Å². The zero-order valence-electron chi connectivity index (χ0n) is 9.60. The van der Waals surface area contributed by atoms with Gasteiger partial charge in [0.05, 0.1) is 11.3 Å². The van der Waals surface area contributed by atoms with Gasteiger partial charge in [-0.2, -0.15) is 5.26 Å². The Morgan fingerprint density at radius 3 is 2.38 bits per heavy atom. The second kappa shape index (κ2) is 6.40. The molecule has 0 fully saturated rings. The number of aromatic nitrogens is 1. The highest BCUT2D eigenvalue weighted by Gasteiger charge is 2.07. The van der Waals surface area contributed by atoms with Crippen LogP contribution in [0.5, 0.6) is 0 Å². The third-order valence-corrected chi connectivity index (χ3v) is 1.29. The quantitative estimate of drug-likeness (QED) is 0.726. The number of pyridine rings is 1. The van der Waals surface area contributed by atoms with Crippen molar-refractivity contribution >= 4 is 12.2 Å². The average molecular weight is 221 g/mol. The van der Waals surface area contributed by atoms with E-state index >= 15 is 0 Å². The predicted octanol–water partition coefficient (Wildman–Crippen LogP) is 1.49. The fraction of sp³-hybridized carbons (Fsp3) is 0.364. The van der Waals surface area contributed by atoms with Crippen molar-refractivity contribution in [3.8, 4) is 6.07 Å². The summed E-state index contributed by atoms with van der Waals surface area (Å²) in [5.41, 5.74) is 6.02. The molecule has 1 aromatic rings. The summed E-state index contributed by atoms with van der Waals surface area (Å²) in [6.07, 6.45) is 2.97. The molecule has 5 nitrogen and oxygen atoms in total. The lowest BCUT2D eigenvalue weighted by Crippen LogP contribution is -2.17. The van der Waals surface area contributed by atoms with E-state index in [-0.39, 0.29) is 5.60 Å². The predicted molar refractivity (Wildman–Crippen MR) is 60.3 cm³/mol. The Balaban J connectivity index is 0.000000293. The summed E-state index contributed by atoms with van der Waals surface area (Å²) < 4.78 is 4.55. The van der Waals surface area contributed by atoms with Gasteiger partial charge in [-0.1, -0.05) is 0 Å². The molecule has 0 spiro atoms. The Hall–Kier alpha value is -2.09. The average Bonchev–Trinajstić information content (AvgIpc) is 2.17. The minimum absolute atomic E-state index is 0.318. The zero-order valence-corrected chi connectivity index (χ0v) is 9.60. The van der Waals surface area contributed by atoms with E-state index in [1.807, 2.05) is 26.8 Å². The van der Waals surface area contributed by atoms with Gasteiger partial charge in [0.15, 0.2) is 0 Å². The van der Waals surface area contributed by atoms with Gasteiger partial charge in [-0.15, -0.1) is 0 Å². The topological polar surface area (TPSA) is 89.0 Å². The Labute approximate surface area is 94.9 Å². The van der Waals surface area contributed by atoms with Gasteiger partial charge < -0.3 is 10.5 Å². The maximum Gasteiger partial charge on any atom is 0.293 e. The number of nitrogen functional groups attached to an aromatic ring is 1. The van der Waals surface area contributed by atoms with Crippen LogP contribution in [0.3, 0.4) is 0 Å². The van der Waals surface area contributed by atoms with Gasteiger partial charge in [0, 0.05) is 12.4 Å². The molecular formula is C11H15N3O2. The van der Waals surface area contributed by atoms with E-state index in [1.165, 1.54) is 12.4 Å². The standard InChI is InChI=1S/C6H5N3.C5H10O2/c7-2-5-1-6(8)4-9-3-5;1-5(2,3)7-4-6/h1,3-4H,8H2;4H,1-3H3. The number of carbonyl (C=O) groups is 1. The maximum absolute atomic E-state index is 9.60. The second-order valence-corrected chi connectivity index (χ2v) is 3.95. The molecule has 2 N–H and O–H groups in total. The van der Waals surface area contributed by atoms with Gasteiger partial charge in [0.2, 0.25) is 0 Å². The minimum Gasteiger partial charge on any atom is -0.462 e. The van der Waals surface area contributed by atoms with Crippen molar-refractivity contribution < 1.29 is 9.53 Å². The van der Waals surface area contributed by atoms with Crippen LogP contribution in [-0.2, 0) is 9.53 Å². The van der Waals surface area contributed by atoms with E-state index in [9.17, 15) is 4.79 Å². The SMILES string of the molecule is CC(C)(C)OC=O.N#Cc1cncc(N)c1. The summed E-state index contributed by atoms with van der Waals surface area (Å²) in [7, 11) is 0. The maximum atomic E-state index is 9.60. The van der Waals surface area contributed by atoms with Crippen LogP contribution in [0.15, 0.2) is 18.5 Å². The van der Waals surface area contributed by atoms with Gasteiger partial charge >= 0.3 is 0 Å². The fourth-order valence-corrected chi connectivity index (χ4v) is 0.663. The Morgan fingerprint density at radius 1 is 1.50 bits per heavy atom. The first-order chi connectivity index (χ1) is 7.39. The molecule has 0 aliphatic rings. The third-order valence-electron chi connectivity index (χ3n) is 1.29. The molecule has 1 aromatic heterocycles. The number of rotatable bonds is 1. The highest BCUT2D eigenvalue weighted by molar-refractivity contribution is 5.41. The molecule has 16 heavy (non-hydrogen) atoms. The minimum atomic E-state index is -0.318.